The predicted octanol–water partition coefficient (Wildman–Crippen LogP) is 9.46. The van der Waals surface area contributed by atoms with Gasteiger partial charge in [0.2, 0.25) is 5.91 Å². The second-order valence-corrected chi connectivity index (χ2v) is 13.6. The number of allylic oxidation sites excluding steroid dienone is 2. The average Bonchev–Trinajstić information content (AvgIpc) is 2.92. The minimum Gasteiger partial charge on any atom is -0.391 e. The lowest BCUT2D eigenvalue weighted by molar-refractivity contribution is -0.122. The van der Waals surface area contributed by atoms with E-state index in [-0.39, 0.29) is 5.91 Å². The van der Waals surface area contributed by atoms with Crippen LogP contribution < -0.4 is 5.32 Å². The van der Waals surface area contributed by atoms with E-state index >= 15 is 0 Å². The first kappa shape index (κ1) is 40.1. The molecule has 3 N–H and O–H groups in total. The molecule has 0 radical (unpaired) electrons. The van der Waals surface area contributed by atoms with E-state index in [2.05, 4.69) is 31.3 Å². The Bertz CT molecular complexity index is 710. The molecule has 0 aromatic rings. The lowest BCUT2D eigenvalue weighted by atomic mass is 10.0. The van der Waals surface area contributed by atoms with E-state index in [9.17, 15) is 22.9 Å². The maximum atomic E-state index is 12.4. The van der Waals surface area contributed by atoms with Crippen molar-refractivity contribution in [3.63, 3.8) is 0 Å². The summed E-state index contributed by atoms with van der Waals surface area (Å²) in [7, 11) is -4.30. The summed E-state index contributed by atoms with van der Waals surface area (Å²) >= 11 is 0. The first-order valence-electron chi connectivity index (χ1n) is 17.4. The van der Waals surface area contributed by atoms with Crippen molar-refractivity contribution in [2.75, 3.05) is 5.75 Å². The maximum absolute atomic E-state index is 12.4. The van der Waals surface area contributed by atoms with Gasteiger partial charge in [0.25, 0.3) is 10.1 Å². The standard InChI is InChI=1S/C34H67NO5S/c1-3-5-7-9-11-13-15-16-17-18-20-22-24-26-28-30-34(37)35-32(31-41(38,39)40)33(36)29-27-25-23-21-19-14-12-10-8-6-4-2/h16-17,32-33,36H,3-15,18-31H2,1-2H3,(H,35,37)(H,38,39,40)/b17-16-. The van der Waals surface area contributed by atoms with E-state index in [1.165, 1.54) is 103 Å². The van der Waals surface area contributed by atoms with Crippen molar-refractivity contribution in [1.29, 1.82) is 0 Å². The lowest BCUT2D eigenvalue weighted by Gasteiger charge is -2.23. The molecular formula is C34H67NO5S. The zero-order valence-corrected chi connectivity index (χ0v) is 27.7. The largest absolute Gasteiger partial charge is 0.391 e. The van der Waals surface area contributed by atoms with Crippen molar-refractivity contribution >= 4 is 16.0 Å². The molecule has 244 valence electrons. The van der Waals surface area contributed by atoms with Crippen LogP contribution in [0.2, 0.25) is 0 Å². The summed E-state index contributed by atoms with van der Waals surface area (Å²) < 4.78 is 32.3. The number of hydrogen-bond donors (Lipinski definition) is 3. The Morgan fingerprint density at radius 3 is 1.46 bits per heavy atom. The summed E-state index contributed by atoms with van der Waals surface area (Å²) in [5, 5.41) is 13.2. The van der Waals surface area contributed by atoms with E-state index in [0.29, 0.717) is 12.8 Å². The Morgan fingerprint density at radius 2 is 1.02 bits per heavy atom. The van der Waals surface area contributed by atoms with Crippen LogP contribution in [0.3, 0.4) is 0 Å². The summed E-state index contributed by atoms with van der Waals surface area (Å²) in [4.78, 5) is 12.4. The van der Waals surface area contributed by atoms with E-state index in [0.717, 1.165) is 51.4 Å². The van der Waals surface area contributed by atoms with Gasteiger partial charge < -0.3 is 10.4 Å². The number of hydrogen-bond acceptors (Lipinski definition) is 4. The number of carbonyl (C=O) groups excluding carboxylic acids is 1. The number of aliphatic hydroxyl groups is 1. The van der Waals surface area contributed by atoms with Crippen LogP contribution >= 0.6 is 0 Å². The highest BCUT2D eigenvalue weighted by molar-refractivity contribution is 7.85. The summed E-state index contributed by atoms with van der Waals surface area (Å²) in [6.07, 6.45) is 33.0. The molecule has 0 aromatic heterocycles. The fourth-order valence-corrected chi connectivity index (χ4v) is 6.09. The Labute approximate surface area is 254 Å². The molecule has 41 heavy (non-hydrogen) atoms. The molecule has 1 amide bonds. The van der Waals surface area contributed by atoms with Crippen molar-refractivity contribution in [3.8, 4) is 0 Å². The number of amides is 1. The van der Waals surface area contributed by atoms with Gasteiger partial charge in [-0.25, -0.2) is 0 Å². The Balaban J connectivity index is 3.95. The van der Waals surface area contributed by atoms with Crippen molar-refractivity contribution in [1.82, 2.24) is 5.32 Å². The molecule has 7 heteroatoms. The Morgan fingerprint density at radius 1 is 0.634 bits per heavy atom. The molecule has 0 aliphatic carbocycles. The van der Waals surface area contributed by atoms with Crippen LogP contribution in [0.25, 0.3) is 0 Å². The first-order chi connectivity index (χ1) is 19.8. The predicted molar refractivity (Wildman–Crippen MR) is 175 cm³/mol. The third-order valence-corrected chi connectivity index (χ3v) is 8.75. The van der Waals surface area contributed by atoms with Crippen molar-refractivity contribution in [3.05, 3.63) is 12.2 Å². The van der Waals surface area contributed by atoms with Crippen LogP contribution in [0.5, 0.6) is 0 Å². The highest BCUT2D eigenvalue weighted by Crippen LogP contribution is 2.15. The average molecular weight is 602 g/mol. The molecule has 2 unspecified atom stereocenters. The van der Waals surface area contributed by atoms with Gasteiger partial charge in [-0.3, -0.25) is 9.35 Å². The van der Waals surface area contributed by atoms with Gasteiger partial charge in [0.1, 0.15) is 0 Å². The minimum absolute atomic E-state index is 0.255. The molecule has 0 heterocycles. The molecule has 0 spiro atoms. The van der Waals surface area contributed by atoms with Gasteiger partial charge in [-0.1, -0.05) is 148 Å². The summed E-state index contributed by atoms with van der Waals surface area (Å²) in [6.45, 7) is 4.48. The van der Waals surface area contributed by atoms with E-state index < -0.39 is 28.0 Å². The van der Waals surface area contributed by atoms with E-state index in [1.54, 1.807) is 0 Å². The first-order valence-corrected chi connectivity index (χ1v) is 19.0. The highest BCUT2D eigenvalue weighted by Gasteiger charge is 2.26. The minimum atomic E-state index is -4.30. The smallest absolute Gasteiger partial charge is 0.266 e. The van der Waals surface area contributed by atoms with Crippen LogP contribution in [0.15, 0.2) is 12.2 Å². The molecule has 0 aromatic carbocycles. The van der Waals surface area contributed by atoms with Crippen LogP contribution in [0.4, 0.5) is 0 Å². The zero-order valence-electron chi connectivity index (χ0n) is 26.9. The Hall–Kier alpha value is -0.920. The van der Waals surface area contributed by atoms with E-state index in [4.69, 9.17) is 0 Å². The highest BCUT2D eigenvalue weighted by atomic mass is 32.2. The van der Waals surface area contributed by atoms with E-state index in [1.807, 2.05) is 0 Å². The maximum Gasteiger partial charge on any atom is 0.266 e. The number of aliphatic hydroxyl groups excluding tert-OH is 1. The normalized spacial score (nSPS) is 13.6. The van der Waals surface area contributed by atoms with Crippen LogP contribution in [-0.2, 0) is 14.9 Å². The van der Waals surface area contributed by atoms with Gasteiger partial charge in [-0.2, -0.15) is 8.42 Å². The van der Waals surface area contributed by atoms with Gasteiger partial charge in [0.15, 0.2) is 0 Å². The number of rotatable bonds is 31. The third kappa shape index (κ3) is 30.3. The Kier molecular flexibility index (Phi) is 28.5. The number of unbranched alkanes of at least 4 members (excludes halogenated alkanes) is 21. The van der Waals surface area contributed by atoms with Gasteiger partial charge >= 0.3 is 0 Å². The fraction of sp³-hybridized carbons (Fsp3) is 0.912. The summed E-state index contributed by atoms with van der Waals surface area (Å²) in [5.41, 5.74) is 0. The second-order valence-electron chi connectivity index (χ2n) is 12.1. The second kappa shape index (κ2) is 29.2. The molecule has 0 aliphatic heterocycles. The molecule has 0 saturated heterocycles. The molecule has 6 nitrogen and oxygen atoms in total. The van der Waals surface area contributed by atoms with Gasteiger partial charge in [0.05, 0.1) is 17.9 Å². The zero-order chi connectivity index (χ0) is 30.4. The van der Waals surface area contributed by atoms with Crippen molar-refractivity contribution in [2.45, 2.75) is 193 Å². The SMILES string of the molecule is CCCCCCCC/C=C\CCCCCCCC(=O)NC(CS(=O)(=O)O)C(O)CCCCCCCCCCCCC. The molecule has 0 fully saturated rings. The summed E-state index contributed by atoms with van der Waals surface area (Å²) in [6, 6.07) is -0.969. The molecule has 0 rings (SSSR count). The van der Waals surface area contributed by atoms with Gasteiger partial charge in [0, 0.05) is 6.42 Å². The molecule has 0 aliphatic rings. The third-order valence-electron chi connectivity index (χ3n) is 7.97. The monoisotopic (exact) mass is 601 g/mol. The van der Waals surface area contributed by atoms with Gasteiger partial charge in [-0.15, -0.1) is 0 Å². The molecule has 2 atom stereocenters. The van der Waals surface area contributed by atoms with Crippen molar-refractivity contribution in [2.24, 2.45) is 0 Å². The van der Waals surface area contributed by atoms with Crippen molar-refractivity contribution < 1.29 is 22.9 Å². The van der Waals surface area contributed by atoms with Crippen LogP contribution in [-0.4, -0.2) is 41.9 Å². The number of nitrogens with one attached hydrogen (secondary N) is 1. The molecule has 0 bridgehead atoms. The van der Waals surface area contributed by atoms with Crippen LogP contribution in [0.1, 0.15) is 181 Å². The van der Waals surface area contributed by atoms with Crippen LogP contribution in [0, 0.1) is 0 Å². The topological polar surface area (TPSA) is 104 Å². The quantitative estimate of drug-likeness (QED) is 0.0417. The lowest BCUT2D eigenvalue weighted by Crippen LogP contribution is -2.47. The number of carbonyl (C=O) groups is 1. The van der Waals surface area contributed by atoms with Gasteiger partial charge in [-0.05, 0) is 38.5 Å². The summed E-state index contributed by atoms with van der Waals surface area (Å²) in [5.74, 6) is -0.904. The fourth-order valence-electron chi connectivity index (χ4n) is 5.33. The molecular weight excluding hydrogens is 534 g/mol. The molecule has 0 saturated carbocycles.